The summed E-state index contributed by atoms with van der Waals surface area (Å²) in [6, 6.07) is 0. The number of alkyl halides is 2. The van der Waals surface area contributed by atoms with Gasteiger partial charge in [0.15, 0.2) is 4.46 Å². The molecule has 0 rings (SSSR count). The molecule has 0 bridgehead atoms. The van der Waals surface area contributed by atoms with E-state index in [4.69, 9.17) is 32.1 Å². The van der Waals surface area contributed by atoms with Crippen molar-refractivity contribution in [2.45, 2.75) is 4.46 Å². The molecule has 5 heteroatoms. The Morgan fingerprint density at radius 3 is 1.62 bits per heavy atom. The first-order valence-electron chi connectivity index (χ1n) is 1.95. The highest BCUT2D eigenvalue weighted by Crippen LogP contribution is 2.06. The molecule has 0 aliphatic heterocycles. The zero-order valence-electron chi connectivity index (χ0n) is 4.65. The number of halogens is 2. The summed E-state index contributed by atoms with van der Waals surface area (Å²) in [7, 11) is 1.64. The van der Waals surface area contributed by atoms with Gasteiger partial charge in [0.05, 0.1) is 0 Å². The third-order valence-corrected chi connectivity index (χ3v) is 2.81. The van der Waals surface area contributed by atoms with Crippen molar-refractivity contribution in [1.29, 1.82) is 0 Å². The summed E-state index contributed by atoms with van der Waals surface area (Å²) in [6.07, 6.45) is 0. The van der Waals surface area contributed by atoms with Gasteiger partial charge in [0, 0.05) is 14.2 Å². The van der Waals surface area contributed by atoms with E-state index in [1.807, 2.05) is 0 Å². The highest BCUT2D eigenvalue weighted by atomic mass is 35.5. The summed E-state index contributed by atoms with van der Waals surface area (Å²) < 4.78 is 9.03. The van der Waals surface area contributed by atoms with Gasteiger partial charge in [0.25, 0.3) is 0 Å². The summed E-state index contributed by atoms with van der Waals surface area (Å²) in [5.74, 6) is 0. The van der Waals surface area contributed by atoms with E-state index in [-0.39, 0.29) is 0 Å². The molecule has 0 amide bonds. The predicted molar refractivity (Wildman–Crippen MR) is 35.3 cm³/mol. The Morgan fingerprint density at radius 2 is 1.62 bits per heavy atom. The van der Waals surface area contributed by atoms with Crippen molar-refractivity contribution in [3.05, 3.63) is 0 Å². The van der Waals surface area contributed by atoms with E-state index in [2.05, 4.69) is 0 Å². The molecule has 0 saturated carbocycles. The fourth-order valence-electron chi connectivity index (χ4n) is 0.262. The van der Waals surface area contributed by atoms with Crippen LogP contribution in [0.25, 0.3) is 0 Å². The molecule has 1 radical (unpaired) electrons. The van der Waals surface area contributed by atoms with E-state index < -0.39 is 13.7 Å². The van der Waals surface area contributed by atoms with Gasteiger partial charge in [-0.15, -0.1) is 23.2 Å². The van der Waals surface area contributed by atoms with Gasteiger partial charge >= 0.3 is 9.28 Å². The number of hydrogen-bond acceptors (Lipinski definition) is 2. The van der Waals surface area contributed by atoms with Crippen LogP contribution in [0.1, 0.15) is 0 Å². The average Bonchev–Trinajstić information content (AvgIpc) is 1.69. The highest BCUT2D eigenvalue weighted by molar-refractivity contribution is 6.72. The van der Waals surface area contributed by atoms with Crippen molar-refractivity contribution in [1.82, 2.24) is 0 Å². The second-order valence-corrected chi connectivity index (χ2v) is 4.89. The Kier molecular flexibility index (Phi) is 4.99. The third kappa shape index (κ3) is 2.89. The normalized spacial score (nSPS) is 11.2. The number of hydrogen-bond donors (Lipinski definition) is 0. The Labute approximate surface area is 60.5 Å². The molecule has 0 atom stereocenters. The molecule has 0 aromatic rings. The van der Waals surface area contributed by atoms with Crippen LogP contribution in [0.15, 0.2) is 0 Å². The fourth-order valence-corrected chi connectivity index (χ4v) is 1.85. The van der Waals surface area contributed by atoms with E-state index in [0.29, 0.717) is 0 Å². The fraction of sp³-hybridized carbons (Fsp3) is 1.00. The van der Waals surface area contributed by atoms with E-state index in [1.165, 1.54) is 14.2 Å². The second kappa shape index (κ2) is 4.58. The molecule has 0 aliphatic carbocycles. The SMILES string of the molecule is CO[Si](OC)C(Cl)Cl. The zero-order valence-corrected chi connectivity index (χ0v) is 7.16. The summed E-state index contributed by atoms with van der Waals surface area (Å²) >= 11 is 10.8. The lowest BCUT2D eigenvalue weighted by Gasteiger charge is -2.07. The Morgan fingerprint density at radius 1 is 1.25 bits per heavy atom. The van der Waals surface area contributed by atoms with Crippen molar-refractivity contribution in [3.63, 3.8) is 0 Å². The average molecular weight is 174 g/mol. The largest absolute Gasteiger partial charge is 0.420 e. The standard InChI is InChI=1S/C3H7Cl2O2Si/c1-6-8(7-2)3(4)5/h3H,1-2H3. The molecule has 49 valence electrons. The first kappa shape index (κ1) is 8.72. The van der Waals surface area contributed by atoms with Crippen LogP contribution in [0.3, 0.4) is 0 Å². The smallest absolute Gasteiger partial charge is 0.395 e. The molecule has 0 N–H and O–H groups in total. The van der Waals surface area contributed by atoms with Crippen molar-refractivity contribution in [2.24, 2.45) is 0 Å². The lowest BCUT2D eigenvalue weighted by molar-refractivity contribution is 0.281. The van der Waals surface area contributed by atoms with Crippen LogP contribution in [-0.4, -0.2) is 28.0 Å². The lowest BCUT2D eigenvalue weighted by atomic mass is 11.8. The molecule has 0 spiro atoms. The van der Waals surface area contributed by atoms with Gasteiger partial charge in [-0.25, -0.2) is 0 Å². The second-order valence-electron chi connectivity index (χ2n) is 1.03. The van der Waals surface area contributed by atoms with Crippen molar-refractivity contribution >= 4 is 32.5 Å². The number of rotatable bonds is 3. The molecule has 0 fully saturated rings. The minimum atomic E-state index is -1.41. The molecule has 0 aromatic carbocycles. The lowest BCUT2D eigenvalue weighted by Crippen LogP contribution is -2.27. The van der Waals surface area contributed by atoms with E-state index in [0.717, 1.165) is 0 Å². The molecule has 8 heavy (non-hydrogen) atoms. The monoisotopic (exact) mass is 173 g/mol. The molecule has 0 aromatic heterocycles. The minimum absolute atomic E-state index is 0.519. The van der Waals surface area contributed by atoms with Crippen LogP contribution < -0.4 is 0 Å². The van der Waals surface area contributed by atoms with E-state index >= 15 is 0 Å². The summed E-state index contributed by atoms with van der Waals surface area (Å²) in [4.78, 5) is 0. The topological polar surface area (TPSA) is 18.5 Å². The van der Waals surface area contributed by atoms with Gasteiger partial charge in [-0.2, -0.15) is 0 Å². The molecule has 0 aliphatic rings. The summed E-state index contributed by atoms with van der Waals surface area (Å²) in [6.45, 7) is 0. The first-order valence-corrected chi connectivity index (χ1v) is 4.22. The molecule has 0 heterocycles. The molecular weight excluding hydrogens is 167 g/mol. The van der Waals surface area contributed by atoms with Crippen LogP contribution in [0.2, 0.25) is 0 Å². The maximum Gasteiger partial charge on any atom is 0.420 e. The van der Waals surface area contributed by atoms with E-state index in [9.17, 15) is 0 Å². The third-order valence-electron chi connectivity index (χ3n) is 0.581. The molecular formula is C3H7Cl2O2Si. The molecule has 0 unspecified atom stereocenters. The van der Waals surface area contributed by atoms with Gasteiger partial charge in [0.1, 0.15) is 0 Å². The van der Waals surface area contributed by atoms with Crippen LogP contribution in [-0.2, 0) is 8.85 Å². The van der Waals surface area contributed by atoms with Crippen molar-refractivity contribution in [3.8, 4) is 0 Å². The highest BCUT2D eigenvalue weighted by Gasteiger charge is 2.20. The zero-order chi connectivity index (χ0) is 6.57. The van der Waals surface area contributed by atoms with Gasteiger partial charge in [-0.05, 0) is 0 Å². The Hall–Kier alpha value is 0.717. The van der Waals surface area contributed by atoms with Crippen LogP contribution in [0.4, 0.5) is 0 Å². The van der Waals surface area contributed by atoms with Gasteiger partial charge < -0.3 is 8.85 Å². The van der Waals surface area contributed by atoms with Crippen molar-refractivity contribution < 1.29 is 8.85 Å². The molecule has 2 nitrogen and oxygen atoms in total. The Bertz CT molecular complexity index is 57.2. The van der Waals surface area contributed by atoms with Crippen LogP contribution in [0.5, 0.6) is 0 Å². The predicted octanol–water partition coefficient (Wildman–Crippen LogP) is 1.11. The summed E-state index contributed by atoms with van der Waals surface area (Å²) in [5, 5.41) is 0. The van der Waals surface area contributed by atoms with Gasteiger partial charge in [-0.3, -0.25) is 0 Å². The van der Waals surface area contributed by atoms with Crippen molar-refractivity contribution in [2.75, 3.05) is 14.2 Å². The minimum Gasteiger partial charge on any atom is -0.395 e. The first-order chi connectivity index (χ1) is 3.72. The quantitative estimate of drug-likeness (QED) is 0.471. The van der Waals surface area contributed by atoms with Gasteiger partial charge in [0.2, 0.25) is 0 Å². The summed E-state index contributed by atoms with van der Waals surface area (Å²) in [5.41, 5.74) is 0. The maximum atomic E-state index is 5.40. The maximum absolute atomic E-state index is 5.40. The molecule has 0 saturated heterocycles. The van der Waals surface area contributed by atoms with E-state index in [1.54, 1.807) is 0 Å². The van der Waals surface area contributed by atoms with Gasteiger partial charge in [-0.1, -0.05) is 0 Å². The Balaban J connectivity index is 3.35. The van der Waals surface area contributed by atoms with Crippen LogP contribution in [0, 0.1) is 0 Å². The van der Waals surface area contributed by atoms with Crippen LogP contribution >= 0.6 is 23.2 Å².